The third kappa shape index (κ3) is 6.25. The van der Waals surface area contributed by atoms with Crippen LogP contribution < -0.4 is 5.32 Å². The molecule has 0 aliphatic carbocycles. The summed E-state index contributed by atoms with van der Waals surface area (Å²) in [5.41, 5.74) is 0.132. The molecule has 5 nitrogen and oxygen atoms in total. The topological polar surface area (TPSA) is 40.1 Å². The number of ether oxygens (including phenoxy) is 1. The molecule has 0 unspecified atom stereocenters. The molecular weight excluding hydrogens is 423 g/mol. The normalized spacial score (nSPS) is 24.9. The van der Waals surface area contributed by atoms with Gasteiger partial charge in [0.25, 0.3) is 0 Å². The lowest BCUT2D eigenvalue weighted by atomic mass is 10.0. The van der Waals surface area contributed by atoms with Crippen molar-refractivity contribution < 1.29 is 4.74 Å². The van der Waals surface area contributed by atoms with Crippen molar-refractivity contribution >= 4 is 41.7 Å². The van der Waals surface area contributed by atoms with Gasteiger partial charge in [-0.3, -0.25) is 9.89 Å². The molecule has 2 aliphatic rings. The number of hydrogen-bond acceptors (Lipinski definition) is 4. The van der Waals surface area contributed by atoms with Gasteiger partial charge in [-0.15, -0.1) is 24.0 Å². The number of morpholine rings is 1. The lowest BCUT2D eigenvalue weighted by Crippen LogP contribution is -2.56. The minimum atomic E-state index is 0. The van der Waals surface area contributed by atoms with E-state index in [4.69, 9.17) is 4.74 Å². The molecule has 2 heterocycles. The van der Waals surface area contributed by atoms with Crippen molar-refractivity contribution in [3.8, 4) is 0 Å². The molecule has 2 aliphatic heterocycles. The average Bonchev–Trinajstić information content (AvgIpc) is 2.43. The fourth-order valence-corrected chi connectivity index (χ4v) is 4.25. The zero-order chi connectivity index (χ0) is 16.2. The van der Waals surface area contributed by atoms with Crippen LogP contribution in [-0.2, 0) is 4.74 Å². The predicted molar refractivity (Wildman–Crippen MR) is 111 cm³/mol. The third-order valence-electron chi connectivity index (χ3n) is 4.42. The summed E-state index contributed by atoms with van der Waals surface area (Å²) in [6.45, 7) is 15.9. The van der Waals surface area contributed by atoms with Crippen LogP contribution in [0.3, 0.4) is 0 Å². The van der Waals surface area contributed by atoms with Crippen LogP contribution in [0.2, 0.25) is 0 Å². The second kappa shape index (κ2) is 9.10. The molecule has 23 heavy (non-hydrogen) atoms. The summed E-state index contributed by atoms with van der Waals surface area (Å²) in [6, 6.07) is 0. The molecule has 1 N–H and O–H groups in total. The Hall–Kier alpha value is 0.270. The molecular formula is C16H33IN4OS. The van der Waals surface area contributed by atoms with Gasteiger partial charge in [0.1, 0.15) is 0 Å². The van der Waals surface area contributed by atoms with E-state index in [1.807, 2.05) is 7.05 Å². The van der Waals surface area contributed by atoms with Crippen molar-refractivity contribution in [2.45, 2.75) is 38.0 Å². The summed E-state index contributed by atoms with van der Waals surface area (Å²) in [5.74, 6) is 2.21. The lowest BCUT2D eigenvalue weighted by Gasteiger charge is -2.42. The van der Waals surface area contributed by atoms with Gasteiger partial charge in [-0.05, 0) is 27.7 Å². The van der Waals surface area contributed by atoms with Crippen LogP contribution in [0, 0.1) is 0 Å². The van der Waals surface area contributed by atoms with E-state index >= 15 is 0 Å². The van der Waals surface area contributed by atoms with Crippen molar-refractivity contribution in [3.63, 3.8) is 0 Å². The second-order valence-corrected chi connectivity index (χ2v) is 9.16. The van der Waals surface area contributed by atoms with E-state index in [2.05, 4.69) is 59.6 Å². The highest BCUT2D eigenvalue weighted by Gasteiger charge is 2.31. The SMILES string of the molecule is CN=C(NCCN1CCOCC1(C)C)N1CCSC(C)(C)C1.I. The Morgan fingerprint density at radius 1 is 1.26 bits per heavy atom. The average molecular weight is 456 g/mol. The maximum atomic E-state index is 5.59. The Bertz CT molecular complexity index is 404. The number of nitrogens with zero attached hydrogens (tertiary/aromatic N) is 3. The van der Waals surface area contributed by atoms with Crippen LogP contribution in [0.15, 0.2) is 4.99 Å². The van der Waals surface area contributed by atoms with Crippen LogP contribution >= 0.6 is 35.7 Å². The molecule has 0 aromatic heterocycles. The minimum Gasteiger partial charge on any atom is -0.378 e. The molecule has 2 rings (SSSR count). The number of aliphatic imine (C=N–C) groups is 1. The zero-order valence-corrected chi connectivity index (χ0v) is 18.4. The minimum absolute atomic E-state index is 0. The Kier molecular flexibility index (Phi) is 8.43. The highest BCUT2D eigenvalue weighted by molar-refractivity contribution is 14.0. The van der Waals surface area contributed by atoms with Crippen molar-refractivity contribution in [2.24, 2.45) is 4.99 Å². The first-order valence-electron chi connectivity index (χ1n) is 8.26. The molecule has 0 amide bonds. The van der Waals surface area contributed by atoms with Crippen LogP contribution in [-0.4, -0.2) is 84.8 Å². The number of rotatable bonds is 3. The summed E-state index contributed by atoms with van der Waals surface area (Å²) in [6.07, 6.45) is 0. The molecule has 0 aromatic rings. The van der Waals surface area contributed by atoms with Crippen LogP contribution in [0.5, 0.6) is 0 Å². The fraction of sp³-hybridized carbons (Fsp3) is 0.938. The van der Waals surface area contributed by atoms with E-state index in [9.17, 15) is 0 Å². The van der Waals surface area contributed by atoms with Crippen molar-refractivity contribution in [1.82, 2.24) is 15.1 Å². The molecule has 0 bridgehead atoms. The molecule has 2 fully saturated rings. The van der Waals surface area contributed by atoms with E-state index in [-0.39, 0.29) is 29.5 Å². The first-order chi connectivity index (χ1) is 10.3. The zero-order valence-electron chi connectivity index (χ0n) is 15.2. The standard InChI is InChI=1S/C16H32N4OS.HI/c1-15(2)13-21-10-8-20(15)7-6-18-14(17-5)19-9-11-22-16(3,4)12-19;/h6-13H2,1-5H3,(H,17,18);1H. The molecule has 2 saturated heterocycles. The quantitative estimate of drug-likeness (QED) is 0.400. The fourth-order valence-electron chi connectivity index (χ4n) is 3.14. The van der Waals surface area contributed by atoms with Gasteiger partial charge in [-0.2, -0.15) is 11.8 Å². The largest absolute Gasteiger partial charge is 0.378 e. The van der Waals surface area contributed by atoms with E-state index in [1.54, 1.807) is 0 Å². The number of halogens is 1. The summed E-state index contributed by atoms with van der Waals surface area (Å²) in [5, 5.41) is 3.55. The lowest BCUT2D eigenvalue weighted by molar-refractivity contribution is -0.0496. The summed E-state index contributed by atoms with van der Waals surface area (Å²) in [7, 11) is 1.88. The summed E-state index contributed by atoms with van der Waals surface area (Å²) in [4.78, 5) is 9.37. The Labute approximate surface area is 163 Å². The number of thioether (sulfide) groups is 1. The van der Waals surface area contributed by atoms with Crippen molar-refractivity contribution in [3.05, 3.63) is 0 Å². The van der Waals surface area contributed by atoms with Gasteiger partial charge >= 0.3 is 0 Å². The maximum Gasteiger partial charge on any atom is 0.193 e. The van der Waals surface area contributed by atoms with Gasteiger partial charge in [0.15, 0.2) is 5.96 Å². The molecule has 0 atom stereocenters. The number of nitrogens with one attached hydrogen (secondary N) is 1. The Balaban J connectivity index is 0.00000264. The molecule has 0 radical (unpaired) electrons. The second-order valence-electron chi connectivity index (χ2n) is 7.36. The Morgan fingerprint density at radius 2 is 2.00 bits per heavy atom. The first kappa shape index (κ1) is 21.3. The monoisotopic (exact) mass is 456 g/mol. The van der Waals surface area contributed by atoms with E-state index in [0.717, 1.165) is 51.9 Å². The molecule has 136 valence electrons. The van der Waals surface area contributed by atoms with Gasteiger partial charge in [0, 0.05) is 55.8 Å². The Morgan fingerprint density at radius 3 is 2.61 bits per heavy atom. The molecule has 7 heteroatoms. The van der Waals surface area contributed by atoms with Crippen LogP contribution in [0.1, 0.15) is 27.7 Å². The van der Waals surface area contributed by atoms with E-state index in [0.29, 0.717) is 4.75 Å². The highest BCUT2D eigenvalue weighted by Crippen LogP contribution is 2.29. The van der Waals surface area contributed by atoms with Crippen molar-refractivity contribution in [1.29, 1.82) is 0 Å². The van der Waals surface area contributed by atoms with Crippen LogP contribution in [0.4, 0.5) is 0 Å². The highest BCUT2D eigenvalue weighted by atomic mass is 127. The van der Waals surface area contributed by atoms with Gasteiger partial charge in [-0.1, -0.05) is 0 Å². The first-order valence-corrected chi connectivity index (χ1v) is 9.25. The van der Waals surface area contributed by atoms with Gasteiger partial charge in [0.05, 0.1) is 13.2 Å². The summed E-state index contributed by atoms with van der Waals surface area (Å²) < 4.78 is 5.89. The van der Waals surface area contributed by atoms with Gasteiger partial charge < -0.3 is 15.0 Å². The third-order valence-corrected chi connectivity index (χ3v) is 5.72. The number of guanidine groups is 1. The number of hydrogen-bond donors (Lipinski definition) is 1. The molecule has 0 aromatic carbocycles. The van der Waals surface area contributed by atoms with Gasteiger partial charge in [0.2, 0.25) is 0 Å². The van der Waals surface area contributed by atoms with Gasteiger partial charge in [-0.25, -0.2) is 0 Å². The molecule has 0 saturated carbocycles. The van der Waals surface area contributed by atoms with Crippen LogP contribution in [0.25, 0.3) is 0 Å². The van der Waals surface area contributed by atoms with Crippen molar-refractivity contribution in [2.75, 3.05) is 58.7 Å². The summed E-state index contributed by atoms with van der Waals surface area (Å²) >= 11 is 2.05. The van der Waals surface area contributed by atoms with E-state index < -0.39 is 0 Å². The van der Waals surface area contributed by atoms with E-state index in [1.165, 1.54) is 5.75 Å². The predicted octanol–water partition coefficient (Wildman–Crippen LogP) is 2.12. The maximum absolute atomic E-state index is 5.59. The smallest absolute Gasteiger partial charge is 0.193 e. The molecule has 0 spiro atoms.